The fourth-order valence-electron chi connectivity index (χ4n) is 1.40. The van der Waals surface area contributed by atoms with Crippen LogP contribution in [-0.4, -0.2) is 28.6 Å². The first-order valence-electron chi connectivity index (χ1n) is 5.42. The van der Waals surface area contributed by atoms with Crippen molar-refractivity contribution in [3.8, 4) is 17.1 Å². The van der Waals surface area contributed by atoms with Crippen LogP contribution in [0, 0.1) is 0 Å². The van der Waals surface area contributed by atoms with Crippen LogP contribution in [0.5, 0.6) is 5.88 Å². The third-order valence-corrected chi connectivity index (χ3v) is 2.22. The van der Waals surface area contributed by atoms with Crippen molar-refractivity contribution >= 4 is 5.82 Å². The van der Waals surface area contributed by atoms with E-state index >= 15 is 0 Å². The quantitative estimate of drug-likeness (QED) is 0.870. The molecule has 0 spiro atoms. The van der Waals surface area contributed by atoms with Crippen LogP contribution in [0.4, 0.5) is 5.82 Å². The van der Waals surface area contributed by atoms with Crippen LogP contribution in [0.15, 0.2) is 30.7 Å². The molecule has 5 nitrogen and oxygen atoms in total. The normalized spacial score (nSPS) is 10.0. The predicted octanol–water partition coefficient (Wildman–Crippen LogP) is 1.98. The van der Waals surface area contributed by atoms with Gasteiger partial charge >= 0.3 is 0 Å². The SMILES string of the molecule is CCOc1cncc(-c2ccc(NC)nc2)n1. The molecule has 0 saturated heterocycles. The van der Waals surface area contributed by atoms with Gasteiger partial charge in [0.25, 0.3) is 0 Å². The number of ether oxygens (including phenoxy) is 1. The Hall–Kier alpha value is -2.17. The molecule has 2 rings (SSSR count). The number of anilines is 1. The molecular weight excluding hydrogens is 216 g/mol. The second-order valence-electron chi connectivity index (χ2n) is 3.36. The third kappa shape index (κ3) is 2.69. The minimum absolute atomic E-state index is 0.530. The monoisotopic (exact) mass is 230 g/mol. The summed E-state index contributed by atoms with van der Waals surface area (Å²) in [5.41, 5.74) is 1.67. The van der Waals surface area contributed by atoms with Crippen molar-refractivity contribution in [3.63, 3.8) is 0 Å². The fourth-order valence-corrected chi connectivity index (χ4v) is 1.40. The minimum atomic E-state index is 0.530. The molecule has 0 radical (unpaired) electrons. The van der Waals surface area contributed by atoms with Gasteiger partial charge < -0.3 is 10.1 Å². The Kier molecular flexibility index (Phi) is 3.49. The van der Waals surface area contributed by atoms with E-state index in [4.69, 9.17) is 4.74 Å². The average Bonchev–Trinajstić information content (AvgIpc) is 2.40. The van der Waals surface area contributed by atoms with E-state index in [0.717, 1.165) is 17.1 Å². The Morgan fingerprint density at radius 1 is 1.24 bits per heavy atom. The Balaban J connectivity index is 2.28. The average molecular weight is 230 g/mol. The molecule has 0 amide bonds. The van der Waals surface area contributed by atoms with Crippen molar-refractivity contribution in [3.05, 3.63) is 30.7 Å². The molecule has 0 atom stereocenters. The minimum Gasteiger partial charge on any atom is -0.477 e. The molecule has 0 unspecified atom stereocenters. The third-order valence-electron chi connectivity index (χ3n) is 2.22. The van der Waals surface area contributed by atoms with Gasteiger partial charge in [-0.15, -0.1) is 0 Å². The van der Waals surface area contributed by atoms with Crippen molar-refractivity contribution in [2.24, 2.45) is 0 Å². The van der Waals surface area contributed by atoms with Gasteiger partial charge in [-0.2, -0.15) is 0 Å². The van der Waals surface area contributed by atoms with Crippen LogP contribution in [0.1, 0.15) is 6.92 Å². The van der Waals surface area contributed by atoms with E-state index in [-0.39, 0.29) is 0 Å². The van der Waals surface area contributed by atoms with Crippen molar-refractivity contribution in [2.75, 3.05) is 19.0 Å². The van der Waals surface area contributed by atoms with Gasteiger partial charge in [-0.1, -0.05) is 0 Å². The van der Waals surface area contributed by atoms with E-state index in [1.807, 2.05) is 26.1 Å². The number of nitrogens with one attached hydrogen (secondary N) is 1. The molecule has 0 aliphatic rings. The smallest absolute Gasteiger partial charge is 0.232 e. The lowest BCUT2D eigenvalue weighted by Gasteiger charge is -2.05. The summed E-state index contributed by atoms with van der Waals surface area (Å²) in [6.45, 7) is 2.49. The van der Waals surface area contributed by atoms with Crippen LogP contribution >= 0.6 is 0 Å². The van der Waals surface area contributed by atoms with Crippen molar-refractivity contribution in [2.45, 2.75) is 6.92 Å². The summed E-state index contributed by atoms with van der Waals surface area (Å²) in [6.07, 6.45) is 5.05. The lowest BCUT2D eigenvalue weighted by molar-refractivity contribution is 0.325. The van der Waals surface area contributed by atoms with Crippen LogP contribution in [0.3, 0.4) is 0 Å². The topological polar surface area (TPSA) is 59.9 Å². The molecule has 0 saturated carbocycles. The van der Waals surface area contributed by atoms with Crippen LogP contribution < -0.4 is 10.1 Å². The molecule has 1 N–H and O–H groups in total. The number of hydrogen-bond donors (Lipinski definition) is 1. The summed E-state index contributed by atoms with van der Waals surface area (Å²) in [5.74, 6) is 1.35. The molecule has 88 valence electrons. The zero-order valence-electron chi connectivity index (χ0n) is 9.84. The first-order chi connectivity index (χ1) is 8.33. The molecule has 17 heavy (non-hydrogen) atoms. The van der Waals surface area contributed by atoms with Crippen molar-refractivity contribution in [1.82, 2.24) is 15.0 Å². The van der Waals surface area contributed by atoms with E-state index in [1.54, 1.807) is 18.6 Å². The summed E-state index contributed by atoms with van der Waals surface area (Å²) in [6, 6.07) is 3.84. The van der Waals surface area contributed by atoms with Gasteiger partial charge in [-0.05, 0) is 19.1 Å². The zero-order valence-corrected chi connectivity index (χ0v) is 9.84. The van der Waals surface area contributed by atoms with Crippen LogP contribution in [0.2, 0.25) is 0 Å². The summed E-state index contributed by atoms with van der Waals surface area (Å²) < 4.78 is 5.31. The Morgan fingerprint density at radius 3 is 2.76 bits per heavy atom. The number of hydrogen-bond acceptors (Lipinski definition) is 5. The maximum Gasteiger partial charge on any atom is 0.232 e. The molecule has 2 aromatic heterocycles. The second-order valence-corrected chi connectivity index (χ2v) is 3.36. The van der Waals surface area contributed by atoms with Gasteiger partial charge in [0.05, 0.1) is 24.7 Å². The second kappa shape index (κ2) is 5.25. The molecule has 0 bridgehead atoms. The fraction of sp³-hybridized carbons (Fsp3) is 0.250. The molecule has 2 aromatic rings. The number of aromatic nitrogens is 3. The van der Waals surface area contributed by atoms with Crippen LogP contribution in [0.25, 0.3) is 11.3 Å². The number of rotatable bonds is 4. The standard InChI is InChI=1S/C12H14N4O/c1-3-17-12-8-14-7-10(16-12)9-4-5-11(13-2)15-6-9/h4-8H,3H2,1-2H3,(H,13,15). The molecule has 0 aromatic carbocycles. The highest BCUT2D eigenvalue weighted by atomic mass is 16.5. The Morgan fingerprint density at radius 2 is 2.12 bits per heavy atom. The van der Waals surface area contributed by atoms with E-state index in [2.05, 4.69) is 20.3 Å². The summed E-state index contributed by atoms with van der Waals surface area (Å²) in [5, 5.41) is 2.97. The van der Waals surface area contributed by atoms with Gasteiger partial charge in [0, 0.05) is 18.8 Å². The van der Waals surface area contributed by atoms with Gasteiger partial charge in [0.2, 0.25) is 5.88 Å². The maximum absolute atomic E-state index is 5.31. The lowest BCUT2D eigenvalue weighted by Crippen LogP contribution is -1.97. The van der Waals surface area contributed by atoms with E-state index in [1.165, 1.54) is 0 Å². The van der Waals surface area contributed by atoms with Gasteiger partial charge in [0.1, 0.15) is 5.82 Å². The van der Waals surface area contributed by atoms with Gasteiger partial charge in [-0.25, -0.2) is 9.97 Å². The van der Waals surface area contributed by atoms with Gasteiger partial charge in [0.15, 0.2) is 0 Å². The number of nitrogens with zero attached hydrogens (tertiary/aromatic N) is 3. The first-order valence-corrected chi connectivity index (χ1v) is 5.42. The predicted molar refractivity (Wildman–Crippen MR) is 66.0 cm³/mol. The zero-order chi connectivity index (χ0) is 12.1. The highest BCUT2D eigenvalue weighted by Gasteiger charge is 2.03. The largest absolute Gasteiger partial charge is 0.477 e. The molecule has 0 aliphatic heterocycles. The number of pyridine rings is 1. The highest BCUT2D eigenvalue weighted by molar-refractivity contribution is 5.59. The first kappa shape index (κ1) is 11.3. The molecule has 2 heterocycles. The Labute approximate surface area is 99.9 Å². The molecule has 0 aliphatic carbocycles. The summed E-state index contributed by atoms with van der Waals surface area (Å²) in [4.78, 5) is 12.7. The maximum atomic E-state index is 5.31. The van der Waals surface area contributed by atoms with E-state index in [0.29, 0.717) is 12.5 Å². The van der Waals surface area contributed by atoms with E-state index in [9.17, 15) is 0 Å². The summed E-state index contributed by atoms with van der Waals surface area (Å²) >= 11 is 0. The summed E-state index contributed by atoms with van der Waals surface area (Å²) in [7, 11) is 1.83. The van der Waals surface area contributed by atoms with Crippen LogP contribution in [-0.2, 0) is 0 Å². The van der Waals surface area contributed by atoms with E-state index < -0.39 is 0 Å². The Bertz CT molecular complexity index is 484. The van der Waals surface area contributed by atoms with Crippen molar-refractivity contribution < 1.29 is 4.74 Å². The lowest BCUT2D eigenvalue weighted by atomic mass is 10.2. The molecule has 5 heteroatoms. The van der Waals surface area contributed by atoms with Gasteiger partial charge in [-0.3, -0.25) is 4.98 Å². The molecule has 0 fully saturated rings. The molecular formula is C12H14N4O. The van der Waals surface area contributed by atoms with Crippen molar-refractivity contribution in [1.29, 1.82) is 0 Å². The highest BCUT2D eigenvalue weighted by Crippen LogP contribution is 2.18.